The molecule has 0 radical (unpaired) electrons. The smallest absolute Gasteiger partial charge is 0.339 e. The van der Waals surface area contributed by atoms with E-state index in [1.54, 1.807) is 42.2 Å². The lowest BCUT2D eigenvalue weighted by molar-refractivity contribution is -0.126. The SMILES string of the molecule is CCOC(=O)c1ccc(N2CCN(C(=O)/C=C/c3ccccc3C#N)CC2)nc1. The Morgan fingerprint density at radius 1 is 1.17 bits per heavy atom. The summed E-state index contributed by atoms with van der Waals surface area (Å²) in [5.41, 5.74) is 1.69. The maximum Gasteiger partial charge on any atom is 0.339 e. The van der Waals surface area contributed by atoms with Crippen molar-refractivity contribution in [3.8, 4) is 6.07 Å². The molecule has 1 fully saturated rings. The van der Waals surface area contributed by atoms with E-state index in [-0.39, 0.29) is 11.9 Å². The Hall–Kier alpha value is -3.66. The summed E-state index contributed by atoms with van der Waals surface area (Å²) in [6, 6.07) is 12.8. The summed E-state index contributed by atoms with van der Waals surface area (Å²) < 4.78 is 4.96. The number of carbonyl (C=O) groups excluding carboxylic acids is 2. The Labute approximate surface area is 169 Å². The first kappa shape index (κ1) is 20.1. The Bertz CT molecular complexity index is 939. The topological polar surface area (TPSA) is 86.5 Å². The molecule has 2 aromatic rings. The zero-order valence-corrected chi connectivity index (χ0v) is 16.2. The van der Waals surface area contributed by atoms with Crippen molar-refractivity contribution in [1.82, 2.24) is 9.88 Å². The number of nitriles is 1. The quantitative estimate of drug-likeness (QED) is 0.576. The van der Waals surface area contributed by atoms with Crippen LogP contribution in [0.2, 0.25) is 0 Å². The Morgan fingerprint density at radius 2 is 1.93 bits per heavy atom. The Balaban J connectivity index is 1.56. The van der Waals surface area contributed by atoms with Crippen molar-refractivity contribution in [2.75, 3.05) is 37.7 Å². The van der Waals surface area contributed by atoms with Gasteiger partial charge in [-0.1, -0.05) is 18.2 Å². The Kier molecular flexibility index (Phi) is 6.59. The second-order valence-electron chi connectivity index (χ2n) is 6.47. The van der Waals surface area contributed by atoms with Gasteiger partial charge in [-0.25, -0.2) is 9.78 Å². The number of benzene rings is 1. The first-order valence-electron chi connectivity index (χ1n) is 9.46. The number of amides is 1. The van der Waals surface area contributed by atoms with Crippen LogP contribution in [0.4, 0.5) is 5.82 Å². The van der Waals surface area contributed by atoms with Crippen molar-refractivity contribution in [1.29, 1.82) is 5.26 Å². The third kappa shape index (κ3) is 4.99. The third-order valence-corrected chi connectivity index (χ3v) is 4.66. The van der Waals surface area contributed by atoms with Gasteiger partial charge in [0.25, 0.3) is 0 Å². The minimum Gasteiger partial charge on any atom is -0.462 e. The van der Waals surface area contributed by atoms with Crippen LogP contribution in [0.3, 0.4) is 0 Å². The van der Waals surface area contributed by atoms with Crippen molar-refractivity contribution in [2.45, 2.75) is 6.92 Å². The maximum absolute atomic E-state index is 12.5. The number of hydrogen-bond donors (Lipinski definition) is 0. The van der Waals surface area contributed by atoms with Crippen molar-refractivity contribution < 1.29 is 14.3 Å². The molecule has 0 bridgehead atoms. The van der Waals surface area contributed by atoms with Crippen LogP contribution in [0, 0.1) is 11.3 Å². The summed E-state index contributed by atoms with van der Waals surface area (Å²) in [4.78, 5) is 32.4. The zero-order chi connectivity index (χ0) is 20.6. The number of piperazine rings is 1. The monoisotopic (exact) mass is 390 g/mol. The number of carbonyl (C=O) groups is 2. The highest BCUT2D eigenvalue weighted by Gasteiger charge is 2.21. The average molecular weight is 390 g/mol. The van der Waals surface area contributed by atoms with Gasteiger partial charge in [-0.15, -0.1) is 0 Å². The van der Waals surface area contributed by atoms with E-state index in [0.717, 1.165) is 11.4 Å². The van der Waals surface area contributed by atoms with E-state index in [4.69, 9.17) is 10.00 Å². The van der Waals surface area contributed by atoms with Crippen LogP contribution in [0.25, 0.3) is 6.08 Å². The molecular formula is C22H22N4O3. The summed E-state index contributed by atoms with van der Waals surface area (Å²) in [5.74, 6) is 0.304. The van der Waals surface area contributed by atoms with Gasteiger partial charge in [0.1, 0.15) is 5.82 Å². The van der Waals surface area contributed by atoms with Crippen LogP contribution in [0.15, 0.2) is 48.7 Å². The molecular weight excluding hydrogens is 368 g/mol. The van der Waals surface area contributed by atoms with Crippen LogP contribution in [-0.4, -0.2) is 54.5 Å². The van der Waals surface area contributed by atoms with E-state index in [9.17, 15) is 9.59 Å². The van der Waals surface area contributed by atoms with Crippen LogP contribution in [0.5, 0.6) is 0 Å². The van der Waals surface area contributed by atoms with Gasteiger partial charge < -0.3 is 14.5 Å². The highest BCUT2D eigenvalue weighted by atomic mass is 16.5. The van der Waals surface area contributed by atoms with Crippen molar-refractivity contribution in [3.63, 3.8) is 0 Å². The normalized spacial score (nSPS) is 13.9. The second kappa shape index (κ2) is 9.51. The van der Waals surface area contributed by atoms with Gasteiger partial charge >= 0.3 is 5.97 Å². The van der Waals surface area contributed by atoms with Gasteiger partial charge in [0.15, 0.2) is 0 Å². The predicted octanol–water partition coefficient (Wildman–Crippen LogP) is 2.49. The molecule has 0 aliphatic carbocycles. The molecule has 0 spiro atoms. The van der Waals surface area contributed by atoms with Crippen molar-refractivity contribution >= 4 is 23.8 Å². The minimum atomic E-state index is -0.383. The molecule has 29 heavy (non-hydrogen) atoms. The molecule has 7 heteroatoms. The molecule has 0 N–H and O–H groups in total. The van der Waals surface area contributed by atoms with Gasteiger partial charge in [-0.05, 0) is 36.8 Å². The van der Waals surface area contributed by atoms with Crippen molar-refractivity contribution in [2.24, 2.45) is 0 Å². The lowest BCUT2D eigenvalue weighted by Crippen LogP contribution is -2.48. The van der Waals surface area contributed by atoms with E-state index in [2.05, 4.69) is 16.0 Å². The second-order valence-corrected chi connectivity index (χ2v) is 6.47. The summed E-state index contributed by atoms with van der Waals surface area (Å²) >= 11 is 0. The standard InChI is InChI=1S/C22H22N4O3/c1-2-29-22(28)19-7-9-20(24-16-19)25-11-13-26(14-12-25)21(27)10-8-17-5-3-4-6-18(17)15-23/h3-10,16H,2,11-14H2,1H3/b10-8+. The zero-order valence-electron chi connectivity index (χ0n) is 16.2. The molecule has 0 atom stereocenters. The highest BCUT2D eigenvalue weighted by molar-refractivity contribution is 5.92. The van der Waals surface area contributed by atoms with E-state index >= 15 is 0 Å². The van der Waals surface area contributed by atoms with E-state index in [0.29, 0.717) is 43.9 Å². The number of nitrogens with zero attached hydrogens (tertiary/aromatic N) is 4. The maximum atomic E-state index is 12.5. The molecule has 7 nitrogen and oxygen atoms in total. The number of hydrogen-bond acceptors (Lipinski definition) is 6. The first-order chi connectivity index (χ1) is 14.1. The van der Waals surface area contributed by atoms with Gasteiger partial charge in [-0.3, -0.25) is 4.79 Å². The summed E-state index contributed by atoms with van der Waals surface area (Å²) in [6.07, 6.45) is 4.71. The van der Waals surface area contributed by atoms with Gasteiger partial charge in [0.2, 0.25) is 5.91 Å². The lowest BCUT2D eigenvalue weighted by Gasteiger charge is -2.35. The fraction of sp³-hybridized carbons (Fsp3) is 0.273. The largest absolute Gasteiger partial charge is 0.462 e. The highest BCUT2D eigenvalue weighted by Crippen LogP contribution is 2.15. The molecule has 1 aliphatic heterocycles. The number of anilines is 1. The van der Waals surface area contributed by atoms with Crippen LogP contribution in [-0.2, 0) is 9.53 Å². The lowest BCUT2D eigenvalue weighted by atomic mass is 10.1. The van der Waals surface area contributed by atoms with E-state index in [1.807, 2.05) is 12.1 Å². The molecule has 1 aliphatic rings. The molecule has 148 valence electrons. The van der Waals surface area contributed by atoms with Gasteiger partial charge in [-0.2, -0.15) is 5.26 Å². The minimum absolute atomic E-state index is 0.0805. The van der Waals surface area contributed by atoms with Gasteiger partial charge in [0.05, 0.1) is 23.8 Å². The van der Waals surface area contributed by atoms with Crippen LogP contribution >= 0.6 is 0 Å². The molecule has 1 amide bonds. The molecule has 0 unspecified atom stereocenters. The average Bonchev–Trinajstić information content (AvgIpc) is 2.78. The number of esters is 1. The third-order valence-electron chi connectivity index (χ3n) is 4.66. The number of aromatic nitrogens is 1. The Morgan fingerprint density at radius 3 is 2.59 bits per heavy atom. The fourth-order valence-corrected chi connectivity index (χ4v) is 3.07. The molecule has 1 aromatic heterocycles. The molecule has 2 heterocycles. The summed E-state index contributed by atoms with van der Waals surface area (Å²) in [5, 5.41) is 9.13. The first-order valence-corrected chi connectivity index (χ1v) is 9.46. The molecule has 3 rings (SSSR count). The predicted molar refractivity (Wildman–Crippen MR) is 109 cm³/mol. The molecule has 1 aromatic carbocycles. The van der Waals surface area contributed by atoms with E-state index < -0.39 is 0 Å². The summed E-state index contributed by atoms with van der Waals surface area (Å²) in [6.45, 7) is 4.54. The van der Waals surface area contributed by atoms with Crippen LogP contribution < -0.4 is 4.90 Å². The molecule has 1 saturated heterocycles. The van der Waals surface area contributed by atoms with E-state index in [1.165, 1.54) is 12.3 Å². The fourth-order valence-electron chi connectivity index (χ4n) is 3.07. The number of rotatable bonds is 5. The van der Waals surface area contributed by atoms with Gasteiger partial charge in [0, 0.05) is 38.5 Å². The van der Waals surface area contributed by atoms with Crippen LogP contribution in [0.1, 0.15) is 28.4 Å². The van der Waals surface area contributed by atoms with Crippen molar-refractivity contribution in [3.05, 3.63) is 65.4 Å². The summed E-state index contributed by atoms with van der Waals surface area (Å²) in [7, 11) is 0. The molecule has 0 saturated carbocycles. The number of ether oxygens (including phenoxy) is 1. The number of pyridine rings is 1.